The molecule has 3 aliphatic rings. The van der Waals surface area contributed by atoms with E-state index in [9.17, 15) is 0 Å². The van der Waals surface area contributed by atoms with Gasteiger partial charge in [-0.05, 0) is 61.6 Å². The first kappa shape index (κ1) is 18.3. The molecule has 0 spiro atoms. The lowest BCUT2D eigenvalue weighted by atomic mass is 9.93. The Hall–Kier alpha value is -1.03. The van der Waals surface area contributed by atoms with Gasteiger partial charge in [0.05, 0.1) is 5.70 Å². The minimum atomic E-state index is 0.688. The van der Waals surface area contributed by atoms with Crippen molar-refractivity contribution in [3.05, 3.63) is 51.5 Å². The van der Waals surface area contributed by atoms with Gasteiger partial charge < -0.3 is 5.32 Å². The van der Waals surface area contributed by atoms with Crippen LogP contribution < -0.4 is 5.32 Å². The number of halogens is 1. The Balaban J connectivity index is 1.58. The van der Waals surface area contributed by atoms with Gasteiger partial charge in [0.1, 0.15) is 0 Å². The molecule has 0 amide bonds. The monoisotopic (exact) mass is 386 g/mol. The van der Waals surface area contributed by atoms with Crippen molar-refractivity contribution in [1.29, 1.82) is 0 Å². The number of aliphatic imine (C=N–C) groups is 1. The highest BCUT2D eigenvalue weighted by atomic mass is 35.5. The molecule has 0 bridgehead atoms. The van der Waals surface area contributed by atoms with Gasteiger partial charge in [-0.2, -0.15) is 0 Å². The van der Waals surface area contributed by atoms with Crippen LogP contribution in [0.15, 0.2) is 56.4 Å². The smallest absolute Gasteiger partial charge is 0.0773 e. The van der Waals surface area contributed by atoms with E-state index in [1.165, 1.54) is 65.3 Å². The number of hydrogen-bond acceptors (Lipinski definition) is 3. The number of benzene rings is 1. The first-order valence-corrected chi connectivity index (χ1v) is 11.1. The maximum absolute atomic E-state index is 6.06. The van der Waals surface area contributed by atoms with E-state index in [0.717, 1.165) is 31.0 Å². The lowest BCUT2D eigenvalue weighted by Gasteiger charge is -2.15. The molecule has 0 unspecified atom stereocenters. The van der Waals surface area contributed by atoms with Gasteiger partial charge in [0, 0.05) is 33.5 Å². The molecule has 4 heteroatoms. The van der Waals surface area contributed by atoms with E-state index in [1.54, 1.807) is 0 Å². The average Bonchev–Trinajstić information content (AvgIpc) is 2.89. The third kappa shape index (κ3) is 4.44. The second kappa shape index (κ2) is 8.77. The zero-order valence-electron chi connectivity index (χ0n) is 15.3. The number of allylic oxidation sites excluding steroid dienone is 1. The van der Waals surface area contributed by atoms with Crippen molar-refractivity contribution in [3.8, 4) is 0 Å². The van der Waals surface area contributed by atoms with Gasteiger partial charge in [0.2, 0.25) is 0 Å². The molecule has 4 rings (SSSR count). The molecule has 1 N–H and O–H groups in total. The first-order chi connectivity index (χ1) is 12.8. The van der Waals surface area contributed by atoms with E-state index >= 15 is 0 Å². The summed E-state index contributed by atoms with van der Waals surface area (Å²) >= 11 is 7.93. The highest BCUT2D eigenvalue weighted by Gasteiger charge is 2.27. The second-order valence-electron chi connectivity index (χ2n) is 7.49. The zero-order chi connectivity index (χ0) is 17.8. The Morgan fingerprint density at radius 2 is 1.81 bits per heavy atom. The maximum atomic E-state index is 6.06. The Morgan fingerprint density at radius 3 is 2.50 bits per heavy atom. The second-order valence-corrected chi connectivity index (χ2v) is 9.10. The van der Waals surface area contributed by atoms with E-state index in [1.807, 2.05) is 23.9 Å². The van der Waals surface area contributed by atoms with E-state index < -0.39 is 0 Å². The van der Waals surface area contributed by atoms with Crippen molar-refractivity contribution in [3.63, 3.8) is 0 Å². The van der Waals surface area contributed by atoms with Gasteiger partial charge in [-0.15, -0.1) is 0 Å². The molecule has 1 aromatic rings. The van der Waals surface area contributed by atoms with E-state index in [0.29, 0.717) is 5.92 Å². The summed E-state index contributed by atoms with van der Waals surface area (Å²) in [5.41, 5.74) is 4.07. The van der Waals surface area contributed by atoms with Crippen LogP contribution in [-0.4, -0.2) is 18.8 Å². The highest BCUT2D eigenvalue weighted by molar-refractivity contribution is 8.03. The highest BCUT2D eigenvalue weighted by Crippen LogP contribution is 2.41. The first-order valence-electron chi connectivity index (χ1n) is 9.94. The van der Waals surface area contributed by atoms with Gasteiger partial charge in [-0.3, -0.25) is 4.99 Å². The molecule has 2 aliphatic heterocycles. The van der Waals surface area contributed by atoms with Crippen LogP contribution in [0.2, 0.25) is 5.02 Å². The summed E-state index contributed by atoms with van der Waals surface area (Å²) in [4.78, 5) is 7.88. The van der Waals surface area contributed by atoms with E-state index in [-0.39, 0.29) is 0 Å². The number of nitrogens with zero attached hydrogens (tertiary/aromatic N) is 1. The lowest BCUT2D eigenvalue weighted by molar-refractivity contribution is 0.587. The van der Waals surface area contributed by atoms with Crippen molar-refractivity contribution < 1.29 is 0 Å². The fraction of sp³-hybridized carbons (Fsp3) is 0.500. The molecule has 1 saturated carbocycles. The van der Waals surface area contributed by atoms with Gasteiger partial charge in [-0.25, -0.2) is 0 Å². The van der Waals surface area contributed by atoms with Crippen LogP contribution in [0.25, 0.3) is 0 Å². The van der Waals surface area contributed by atoms with Crippen molar-refractivity contribution in [1.82, 2.24) is 5.32 Å². The molecule has 1 aromatic carbocycles. The predicted molar refractivity (Wildman–Crippen MR) is 113 cm³/mol. The summed E-state index contributed by atoms with van der Waals surface area (Å²) in [6.07, 6.45) is 12.7. The Morgan fingerprint density at radius 1 is 1.04 bits per heavy atom. The van der Waals surface area contributed by atoms with Gasteiger partial charge in [0.25, 0.3) is 0 Å². The zero-order valence-corrected chi connectivity index (χ0v) is 16.8. The Bertz CT molecular complexity index is 725. The number of hydrogen-bond donors (Lipinski definition) is 1. The van der Waals surface area contributed by atoms with Crippen LogP contribution in [0, 0.1) is 5.92 Å². The molecule has 26 heavy (non-hydrogen) atoms. The summed E-state index contributed by atoms with van der Waals surface area (Å²) < 4.78 is 0. The normalized spacial score (nSPS) is 22.2. The third-order valence-electron chi connectivity index (χ3n) is 5.57. The number of rotatable bonds is 4. The molecule has 0 atom stereocenters. The lowest BCUT2D eigenvalue weighted by Crippen LogP contribution is -2.22. The fourth-order valence-electron chi connectivity index (χ4n) is 4.15. The van der Waals surface area contributed by atoms with Crippen LogP contribution in [0.1, 0.15) is 51.4 Å². The van der Waals surface area contributed by atoms with Crippen LogP contribution in [0.4, 0.5) is 0 Å². The van der Waals surface area contributed by atoms with Crippen LogP contribution >= 0.6 is 23.4 Å². The predicted octanol–water partition coefficient (Wildman–Crippen LogP) is 6.38. The van der Waals surface area contributed by atoms with Crippen LogP contribution in [0.5, 0.6) is 0 Å². The third-order valence-corrected chi connectivity index (χ3v) is 6.92. The quantitative estimate of drug-likeness (QED) is 0.607. The maximum Gasteiger partial charge on any atom is 0.0773 e. The number of nitrogens with one attached hydrogen (secondary N) is 1. The van der Waals surface area contributed by atoms with Crippen LogP contribution in [0.3, 0.4) is 0 Å². The average molecular weight is 387 g/mol. The molecule has 1 aliphatic carbocycles. The van der Waals surface area contributed by atoms with Crippen molar-refractivity contribution in [2.75, 3.05) is 13.1 Å². The Kier molecular flexibility index (Phi) is 6.19. The topological polar surface area (TPSA) is 24.4 Å². The van der Waals surface area contributed by atoms with Gasteiger partial charge in [-0.1, -0.05) is 55.1 Å². The Labute approximate surface area is 166 Å². The summed E-state index contributed by atoms with van der Waals surface area (Å²) in [7, 11) is 0. The largest absolute Gasteiger partial charge is 0.312 e. The molecule has 2 nitrogen and oxygen atoms in total. The summed E-state index contributed by atoms with van der Waals surface area (Å²) in [6.45, 7) is 2.02. The molecular formula is C22H27ClN2S. The van der Waals surface area contributed by atoms with Gasteiger partial charge in [0.15, 0.2) is 0 Å². The molecule has 0 aromatic heterocycles. The van der Waals surface area contributed by atoms with Gasteiger partial charge >= 0.3 is 0 Å². The molecule has 1 fully saturated rings. The van der Waals surface area contributed by atoms with E-state index in [4.69, 9.17) is 16.6 Å². The molecule has 0 saturated heterocycles. The summed E-state index contributed by atoms with van der Waals surface area (Å²) in [6, 6.07) is 8.20. The minimum Gasteiger partial charge on any atom is -0.312 e. The van der Waals surface area contributed by atoms with Crippen molar-refractivity contribution in [2.45, 2.75) is 56.3 Å². The summed E-state index contributed by atoms with van der Waals surface area (Å²) in [5.74, 6) is 0.688. The van der Waals surface area contributed by atoms with Crippen LogP contribution in [-0.2, 0) is 0 Å². The van der Waals surface area contributed by atoms with E-state index in [2.05, 4.69) is 23.5 Å². The molecule has 0 radical (unpaired) electrons. The van der Waals surface area contributed by atoms with Crippen molar-refractivity contribution in [2.24, 2.45) is 10.9 Å². The standard InChI is InChI=1S/C22H27ClN2S/c23-18-9-11-19(12-10-18)26-21-14-20(16-6-3-1-2-4-7-16)25-22(21)17-8-5-13-24-15-17/h8-12,16,24H,1-7,13-15H2. The van der Waals surface area contributed by atoms with Crippen molar-refractivity contribution >= 4 is 29.1 Å². The summed E-state index contributed by atoms with van der Waals surface area (Å²) in [5, 5.41) is 4.31. The molecular weight excluding hydrogens is 360 g/mol. The molecule has 138 valence electrons. The molecule has 2 heterocycles. The SMILES string of the molecule is Clc1ccc(SC2=C(C3=CCCNC3)N=C(C3CCCCCC3)C2)cc1. The number of thioether (sulfide) groups is 1. The fourth-order valence-corrected chi connectivity index (χ4v) is 5.32. The minimum absolute atomic E-state index is 0.688.